The number of rotatable bonds is 7. The highest BCUT2D eigenvalue weighted by Crippen LogP contribution is 2.36. The zero-order chi connectivity index (χ0) is 22.7. The minimum Gasteiger partial charge on any atom is -0.358 e. The molecule has 0 atom stereocenters. The molecule has 0 bridgehead atoms. The number of aryl methyl sites for hydroxylation is 1. The van der Waals surface area contributed by atoms with Gasteiger partial charge in [-0.05, 0) is 105 Å². The topological polar surface area (TPSA) is 19.0 Å². The number of hydrogen-bond donors (Lipinski definition) is 1. The average molecular weight is 465 g/mol. The first-order valence-corrected chi connectivity index (χ1v) is 12.2. The Hall–Kier alpha value is -1.99. The molecule has 172 valence electrons. The number of halogens is 4. The summed E-state index contributed by atoms with van der Waals surface area (Å²) in [5, 5.41) is 1.15. The summed E-state index contributed by atoms with van der Waals surface area (Å²) in [6.07, 6.45) is -0.196. The molecule has 2 nitrogen and oxygen atoms in total. The van der Waals surface area contributed by atoms with Gasteiger partial charge in [-0.15, -0.1) is 11.8 Å². The molecule has 1 aromatic heterocycles. The first-order valence-electron chi connectivity index (χ1n) is 11.2. The van der Waals surface area contributed by atoms with E-state index in [2.05, 4.69) is 16.8 Å². The third kappa shape index (κ3) is 5.31. The highest BCUT2D eigenvalue weighted by molar-refractivity contribution is 7.99. The fraction of sp³-hybridized carbons (Fsp3) is 0.440. The lowest BCUT2D eigenvalue weighted by Crippen LogP contribution is -2.34. The smallest absolute Gasteiger partial charge is 0.358 e. The molecule has 0 aliphatic carbocycles. The van der Waals surface area contributed by atoms with Crippen molar-refractivity contribution in [1.29, 1.82) is 0 Å². The van der Waals surface area contributed by atoms with Crippen LogP contribution in [-0.2, 0) is 12.6 Å². The summed E-state index contributed by atoms with van der Waals surface area (Å²) in [5.74, 6) is 1.16. The number of alkyl halides is 3. The Morgan fingerprint density at radius 2 is 1.78 bits per heavy atom. The maximum Gasteiger partial charge on any atom is 0.416 e. The molecule has 0 radical (unpaired) electrons. The summed E-state index contributed by atoms with van der Waals surface area (Å²) in [4.78, 5) is 6.76. The second-order valence-electron chi connectivity index (χ2n) is 8.40. The van der Waals surface area contributed by atoms with Gasteiger partial charge in [0.05, 0.1) is 5.56 Å². The molecule has 32 heavy (non-hydrogen) atoms. The largest absolute Gasteiger partial charge is 0.416 e. The molecule has 0 unspecified atom stereocenters. The van der Waals surface area contributed by atoms with Crippen molar-refractivity contribution >= 4 is 22.7 Å². The van der Waals surface area contributed by atoms with Gasteiger partial charge in [-0.2, -0.15) is 13.2 Å². The highest BCUT2D eigenvalue weighted by atomic mass is 32.2. The summed E-state index contributed by atoms with van der Waals surface area (Å²) in [6, 6.07) is 10.4. The molecule has 0 saturated carbocycles. The molecule has 1 aliphatic heterocycles. The molecule has 1 aliphatic rings. The number of H-pyrrole nitrogens is 1. The maximum absolute atomic E-state index is 13.6. The number of nitrogens with one attached hydrogen (secondary N) is 1. The normalized spacial score (nSPS) is 16.2. The summed E-state index contributed by atoms with van der Waals surface area (Å²) >= 11 is 1.61. The van der Waals surface area contributed by atoms with Crippen molar-refractivity contribution in [2.24, 2.45) is 0 Å². The van der Waals surface area contributed by atoms with Crippen molar-refractivity contribution in [3.8, 4) is 0 Å². The highest BCUT2D eigenvalue weighted by Gasteiger charge is 2.30. The van der Waals surface area contributed by atoms with Crippen LogP contribution in [0.2, 0.25) is 0 Å². The second-order valence-corrected chi connectivity index (χ2v) is 9.57. The van der Waals surface area contributed by atoms with Crippen molar-refractivity contribution in [2.75, 3.05) is 25.4 Å². The van der Waals surface area contributed by atoms with Crippen LogP contribution in [0.25, 0.3) is 10.9 Å². The van der Waals surface area contributed by atoms with Crippen LogP contribution < -0.4 is 0 Å². The fourth-order valence-electron chi connectivity index (χ4n) is 4.66. The van der Waals surface area contributed by atoms with Gasteiger partial charge in [-0.3, -0.25) is 0 Å². The van der Waals surface area contributed by atoms with Gasteiger partial charge in [-0.25, -0.2) is 4.39 Å². The molecule has 1 N–H and O–H groups in total. The van der Waals surface area contributed by atoms with Crippen LogP contribution in [-0.4, -0.2) is 35.3 Å². The number of hydrogen-bond acceptors (Lipinski definition) is 2. The van der Waals surface area contributed by atoms with E-state index in [1.54, 1.807) is 36.0 Å². The molecule has 1 fully saturated rings. The number of fused-ring (bicyclic) bond motifs is 1. The number of nitrogens with zero attached hydrogens (tertiary/aromatic N) is 1. The molecule has 7 heteroatoms. The van der Waals surface area contributed by atoms with Crippen LogP contribution in [0.3, 0.4) is 0 Å². The van der Waals surface area contributed by atoms with Gasteiger partial charge in [0.1, 0.15) is 5.82 Å². The molecule has 2 aromatic carbocycles. The van der Waals surface area contributed by atoms with Crippen LogP contribution in [0.15, 0.2) is 47.4 Å². The number of likely N-dealkylation sites (tertiary alicyclic amines) is 1. The predicted octanol–water partition coefficient (Wildman–Crippen LogP) is 7.25. The third-order valence-electron chi connectivity index (χ3n) is 6.30. The zero-order valence-electron chi connectivity index (χ0n) is 18.1. The van der Waals surface area contributed by atoms with Crippen molar-refractivity contribution in [1.82, 2.24) is 9.88 Å². The van der Waals surface area contributed by atoms with E-state index in [1.807, 2.05) is 6.07 Å². The van der Waals surface area contributed by atoms with Gasteiger partial charge in [-0.1, -0.05) is 6.92 Å². The van der Waals surface area contributed by atoms with Crippen molar-refractivity contribution in [3.63, 3.8) is 0 Å². The van der Waals surface area contributed by atoms with Crippen LogP contribution in [0.1, 0.15) is 48.9 Å². The van der Waals surface area contributed by atoms with Crippen LogP contribution in [0.4, 0.5) is 17.6 Å². The van der Waals surface area contributed by atoms with E-state index in [0.717, 1.165) is 79.0 Å². The summed E-state index contributed by atoms with van der Waals surface area (Å²) in [5.41, 5.74) is 2.87. The zero-order valence-corrected chi connectivity index (χ0v) is 19.0. The van der Waals surface area contributed by atoms with Gasteiger partial charge in [0.25, 0.3) is 0 Å². The second kappa shape index (κ2) is 9.87. The lowest BCUT2D eigenvalue weighted by atomic mass is 9.87. The van der Waals surface area contributed by atoms with E-state index in [9.17, 15) is 17.6 Å². The van der Waals surface area contributed by atoms with Crippen molar-refractivity contribution in [3.05, 3.63) is 65.1 Å². The lowest BCUT2D eigenvalue weighted by Gasteiger charge is -2.32. The Kier molecular flexibility index (Phi) is 7.15. The molecule has 0 spiro atoms. The number of piperidine rings is 1. The Morgan fingerprint density at radius 1 is 1.06 bits per heavy atom. The van der Waals surface area contributed by atoms with Crippen LogP contribution >= 0.6 is 11.8 Å². The molecule has 2 heterocycles. The molecule has 3 aromatic rings. The van der Waals surface area contributed by atoms with E-state index in [0.29, 0.717) is 5.92 Å². The lowest BCUT2D eigenvalue weighted by molar-refractivity contribution is -0.137. The number of benzene rings is 2. The predicted molar refractivity (Wildman–Crippen MR) is 123 cm³/mol. The monoisotopic (exact) mass is 464 g/mol. The van der Waals surface area contributed by atoms with Gasteiger partial charge in [0, 0.05) is 21.5 Å². The fourth-order valence-corrected chi connectivity index (χ4v) is 5.49. The Morgan fingerprint density at radius 3 is 2.44 bits per heavy atom. The molecular weight excluding hydrogens is 436 g/mol. The minimum absolute atomic E-state index is 0.211. The minimum atomic E-state index is -4.28. The number of aromatic amines is 1. The first-order chi connectivity index (χ1) is 15.3. The summed E-state index contributed by atoms with van der Waals surface area (Å²) in [7, 11) is 0. The Bertz CT molecular complexity index is 1030. The molecule has 1 saturated heterocycles. The quantitative estimate of drug-likeness (QED) is 0.226. The van der Waals surface area contributed by atoms with E-state index in [-0.39, 0.29) is 5.82 Å². The van der Waals surface area contributed by atoms with Crippen molar-refractivity contribution in [2.45, 2.75) is 49.6 Å². The molecule has 4 rings (SSSR count). The SMILES string of the molecule is CCc1[nH]c2cc(F)ccc2c1C1CCN(CCCSc2ccc(C(F)(F)F)cc2)CC1. The van der Waals surface area contributed by atoms with Gasteiger partial charge in [0.2, 0.25) is 0 Å². The molecule has 0 amide bonds. The van der Waals surface area contributed by atoms with Gasteiger partial charge in [0.15, 0.2) is 0 Å². The summed E-state index contributed by atoms with van der Waals surface area (Å²) in [6.45, 7) is 5.20. The van der Waals surface area contributed by atoms with E-state index in [4.69, 9.17) is 0 Å². The summed E-state index contributed by atoms with van der Waals surface area (Å²) < 4.78 is 51.6. The van der Waals surface area contributed by atoms with Crippen LogP contribution in [0.5, 0.6) is 0 Å². The average Bonchev–Trinajstić information content (AvgIpc) is 3.14. The van der Waals surface area contributed by atoms with Gasteiger partial charge < -0.3 is 9.88 Å². The van der Waals surface area contributed by atoms with E-state index >= 15 is 0 Å². The third-order valence-corrected chi connectivity index (χ3v) is 7.40. The van der Waals surface area contributed by atoms with Crippen LogP contribution in [0, 0.1) is 5.82 Å². The number of aromatic nitrogens is 1. The number of thioether (sulfide) groups is 1. The van der Waals surface area contributed by atoms with Gasteiger partial charge >= 0.3 is 6.18 Å². The maximum atomic E-state index is 13.6. The van der Waals surface area contributed by atoms with E-state index in [1.165, 1.54) is 11.3 Å². The van der Waals surface area contributed by atoms with E-state index < -0.39 is 11.7 Å². The molecular formula is C25H28F4N2S. The van der Waals surface area contributed by atoms with Crippen molar-refractivity contribution < 1.29 is 17.6 Å². The standard InChI is InChI=1S/C25H28F4N2S/c1-2-22-24(21-9-6-19(26)16-23(21)30-22)17-10-13-31(14-11-17)12-3-15-32-20-7-4-18(5-8-20)25(27,28)29/h4-9,16-17,30H,2-3,10-15H2,1H3. The first kappa shape index (κ1) is 23.2. The Balaban J connectivity index is 1.26. The Labute approximate surface area is 190 Å².